The summed E-state index contributed by atoms with van der Waals surface area (Å²) in [7, 11) is 0. The molecule has 1 aliphatic heterocycles. The highest BCUT2D eigenvalue weighted by molar-refractivity contribution is 5.08. The van der Waals surface area contributed by atoms with Crippen molar-refractivity contribution in [2.75, 3.05) is 13.1 Å². The predicted molar refractivity (Wildman–Crippen MR) is 57.2 cm³/mol. The van der Waals surface area contributed by atoms with E-state index in [1.165, 1.54) is 0 Å². The van der Waals surface area contributed by atoms with Crippen LogP contribution in [0.3, 0.4) is 0 Å². The highest BCUT2D eigenvalue weighted by atomic mass is 19.3. The van der Waals surface area contributed by atoms with E-state index in [-0.39, 0.29) is 23.9 Å². The van der Waals surface area contributed by atoms with Crippen molar-refractivity contribution in [1.29, 1.82) is 0 Å². The number of likely N-dealkylation sites (tertiary alicyclic amines) is 1. The average Bonchev–Trinajstić information content (AvgIpc) is 2.67. The number of rotatable bonds is 2. The Bertz CT molecular complexity index is 251. The van der Waals surface area contributed by atoms with Crippen LogP contribution in [-0.4, -0.2) is 29.5 Å². The minimum Gasteiger partial charge on any atom is -0.291 e. The first-order chi connectivity index (χ1) is 6.73. The van der Waals surface area contributed by atoms with E-state index < -0.39 is 5.92 Å². The molecule has 0 amide bonds. The zero-order chi connectivity index (χ0) is 11.3. The summed E-state index contributed by atoms with van der Waals surface area (Å²) in [5, 5.41) is 0. The first-order valence-electron chi connectivity index (χ1n) is 5.86. The maximum atomic E-state index is 13.1. The summed E-state index contributed by atoms with van der Waals surface area (Å²) < 4.78 is 26.3. The van der Waals surface area contributed by atoms with E-state index in [0.717, 1.165) is 19.3 Å². The number of nitrogens with zero attached hydrogens (tertiary/aromatic N) is 1. The summed E-state index contributed by atoms with van der Waals surface area (Å²) in [6.07, 6.45) is 3.33. The Morgan fingerprint density at radius 2 is 1.73 bits per heavy atom. The average molecular weight is 217 g/mol. The van der Waals surface area contributed by atoms with E-state index >= 15 is 0 Å². The third kappa shape index (κ3) is 2.49. The summed E-state index contributed by atoms with van der Waals surface area (Å²) in [6, 6.07) is 0. The van der Waals surface area contributed by atoms with E-state index in [9.17, 15) is 8.78 Å². The minimum absolute atomic E-state index is 0.0108. The maximum absolute atomic E-state index is 13.1. The Morgan fingerprint density at radius 1 is 1.13 bits per heavy atom. The standard InChI is InChI=1S/C12H21F2N/c1-10(2,3)8-11(4-5-11)15-7-6-12(13,14)9-15/h4-9H2,1-3H3. The Morgan fingerprint density at radius 3 is 2.07 bits per heavy atom. The van der Waals surface area contributed by atoms with E-state index in [4.69, 9.17) is 0 Å². The van der Waals surface area contributed by atoms with Crippen molar-refractivity contribution in [3.05, 3.63) is 0 Å². The summed E-state index contributed by atoms with van der Waals surface area (Å²) in [5.41, 5.74) is 0.368. The third-order valence-corrected chi connectivity index (χ3v) is 3.53. The highest BCUT2D eigenvalue weighted by Crippen LogP contribution is 2.51. The lowest BCUT2D eigenvalue weighted by molar-refractivity contribution is 0.00272. The van der Waals surface area contributed by atoms with Crippen LogP contribution in [0.15, 0.2) is 0 Å². The molecule has 0 atom stereocenters. The molecule has 0 aromatic rings. The van der Waals surface area contributed by atoms with Crippen LogP contribution in [0.1, 0.15) is 46.5 Å². The lowest BCUT2D eigenvalue weighted by atomic mass is 9.86. The van der Waals surface area contributed by atoms with Crippen LogP contribution >= 0.6 is 0 Å². The molecule has 3 heteroatoms. The normalized spacial score (nSPS) is 29.4. The van der Waals surface area contributed by atoms with Crippen LogP contribution in [0.4, 0.5) is 8.78 Å². The molecule has 1 heterocycles. The lowest BCUT2D eigenvalue weighted by Gasteiger charge is -2.33. The van der Waals surface area contributed by atoms with Crippen LogP contribution in [0.5, 0.6) is 0 Å². The van der Waals surface area contributed by atoms with Gasteiger partial charge in [-0.1, -0.05) is 20.8 Å². The van der Waals surface area contributed by atoms with Crippen molar-refractivity contribution in [3.8, 4) is 0 Å². The van der Waals surface area contributed by atoms with Gasteiger partial charge in [0.05, 0.1) is 6.54 Å². The minimum atomic E-state index is -2.44. The lowest BCUT2D eigenvalue weighted by Crippen LogP contribution is -2.39. The first kappa shape index (κ1) is 11.3. The summed E-state index contributed by atoms with van der Waals surface area (Å²) in [4.78, 5) is 2.04. The van der Waals surface area contributed by atoms with Crippen molar-refractivity contribution < 1.29 is 8.78 Å². The molecular formula is C12H21F2N. The quantitative estimate of drug-likeness (QED) is 0.686. The second-order valence-corrected chi connectivity index (χ2v) is 6.49. The van der Waals surface area contributed by atoms with Gasteiger partial charge in [-0.15, -0.1) is 0 Å². The predicted octanol–water partition coefficient (Wildman–Crippen LogP) is 3.30. The Labute approximate surface area is 90.8 Å². The molecule has 0 aromatic heterocycles. The second-order valence-electron chi connectivity index (χ2n) is 6.49. The summed E-state index contributed by atoms with van der Waals surface area (Å²) in [5.74, 6) is -2.44. The fraction of sp³-hybridized carbons (Fsp3) is 1.00. The Hall–Kier alpha value is -0.180. The van der Waals surface area contributed by atoms with Gasteiger partial charge in [0, 0.05) is 18.5 Å². The SMILES string of the molecule is CC(C)(C)CC1(N2CCC(F)(F)C2)CC1. The molecule has 1 saturated carbocycles. The largest absolute Gasteiger partial charge is 0.291 e. The monoisotopic (exact) mass is 217 g/mol. The molecule has 2 rings (SSSR count). The fourth-order valence-corrected chi connectivity index (χ4v) is 2.88. The maximum Gasteiger partial charge on any atom is 0.261 e. The smallest absolute Gasteiger partial charge is 0.261 e. The van der Waals surface area contributed by atoms with E-state index in [1.54, 1.807) is 0 Å². The molecule has 0 unspecified atom stereocenters. The molecule has 1 saturated heterocycles. The van der Waals surface area contributed by atoms with E-state index in [1.807, 2.05) is 4.90 Å². The Balaban J connectivity index is 1.99. The Kier molecular flexibility index (Phi) is 2.38. The zero-order valence-electron chi connectivity index (χ0n) is 9.95. The first-order valence-corrected chi connectivity index (χ1v) is 5.86. The molecule has 88 valence electrons. The van der Waals surface area contributed by atoms with Gasteiger partial charge in [-0.25, -0.2) is 8.78 Å². The molecule has 0 aromatic carbocycles. The van der Waals surface area contributed by atoms with Gasteiger partial charge in [-0.2, -0.15) is 0 Å². The highest BCUT2D eigenvalue weighted by Gasteiger charge is 2.54. The molecule has 2 aliphatic rings. The molecule has 0 bridgehead atoms. The van der Waals surface area contributed by atoms with Gasteiger partial charge in [0.25, 0.3) is 5.92 Å². The molecular weight excluding hydrogens is 196 g/mol. The number of alkyl halides is 2. The van der Waals surface area contributed by atoms with Gasteiger partial charge in [0.1, 0.15) is 0 Å². The molecule has 0 radical (unpaired) electrons. The summed E-state index contributed by atoms with van der Waals surface area (Å²) in [6.45, 7) is 7.16. The number of hydrogen-bond acceptors (Lipinski definition) is 1. The van der Waals surface area contributed by atoms with Crippen LogP contribution in [0.2, 0.25) is 0 Å². The zero-order valence-corrected chi connectivity index (χ0v) is 9.95. The van der Waals surface area contributed by atoms with Crippen molar-refractivity contribution >= 4 is 0 Å². The van der Waals surface area contributed by atoms with Crippen molar-refractivity contribution in [2.24, 2.45) is 5.41 Å². The molecule has 1 nitrogen and oxygen atoms in total. The van der Waals surface area contributed by atoms with Crippen molar-refractivity contribution in [1.82, 2.24) is 4.90 Å². The van der Waals surface area contributed by atoms with Crippen LogP contribution in [-0.2, 0) is 0 Å². The number of hydrogen-bond donors (Lipinski definition) is 0. The van der Waals surface area contributed by atoms with Gasteiger partial charge in [0.2, 0.25) is 0 Å². The summed E-state index contributed by atoms with van der Waals surface area (Å²) >= 11 is 0. The van der Waals surface area contributed by atoms with Crippen LogP contribution in [0, 0.1) is 5.41 Å². The molecule has 15 heavy (non-hydrogen) atoms. The van der Waals surface area contributed by atoms with Gasteiger partial charge in [-0.3, -0.25) is 4.90 Å². The molecule has 1 aliphatic carbocycles. The van der Waals surface area contributed by atoms with Gasteiger partial charge in [-0.05, 0) is 24.7 Å². The van der Waals surface area contributed by atoms with Gasteiger partial charge < -0.3 is 0 Å². The van der Waals surface area contributed by atoms with Crippen LogP contribution in [0.25, 0.3) is 0 Å². The van der Waals surface area contributed by atoms with Crippen molar-refractivity contribution in [2.45, 2.75) is 57.9 Å². The topological polar surface area (TPSA) is 3.24 Å². The van der Waals surface area contributed by atoms with Gasteiger partial charge in [0.15, 0.2) is 0 Å². The van der Waals surface area contributed by atoms with Crippen molar-refractivity contribution in [3.63, 3.8) is 0 Å². The number of halogens is 2. The molecule has 0 N–H and O–H groups in total. The van der Waals surface area contributed by atoms with Gasteiger partial charge >= 0.3 is 0 Å². The molecule has 2 fully saturated rings. The van der Waals surface area contributed by atoms with E-state index in [2.05, 4.69) is 20.8 Å². The van der Waals surface area contributed by atoms with Crippen LogP contribution < -0.4 is 0 Å². The third-order valence-electron chi connectivity index (χ3n) is 3.53. The fourth-order valence-electron chi connectivity index (χ4n) is 2.88. The van der Waals surface area contributed by atoms with E-state index in [0.29, 0.717) is 6.54 Å². The molecule has 0 spiro atoms. The second kappa shape index (κ2) is 3.16.